The molecule has 0 fully saturated rings. The summed E-state index contributed by atoms with van der Waals surface area (Å²) in [5, 5.41) is 1.92. The molecule has 1 heterocycles. The lowest BCUT2D eigenvalue weighted by atomic mass is 9.92. The molecule has 0 amide bonds. The molecule has 3 aromatic carbocycles. The highest BCUT2D eigenvalue weighted by molar-refractivity contribution is 6.50. The number of likely N-dealkylation sites (N-methyl/N-ethyl adjacent to an activating group) is 1. The Kier molecular flexibility index (Phi) is 11.9. The van der Waals surface area contributed by atoms with Gasteiger partial charge in [0, 0.05) is 91.8 Å². The fourth-order valence-corrected chi connectivity index (χ4v) is 5.39. The lowest BCUT2D eigenvalue weighted by Crippen LogP contribution is -2.20. The molecule has 0 radical (unpaired) electrons. The predicted molar refractivity (Wildman–Crippen MR) is 187 cm³/mol. The molecule has 1 aromatic heterocycles. The van der Waals surface area contributed by atoms with Gasteiger partial charge in [0.1, 0.15) is 27.4 Å². The van der Waals surface area contributed by atoms with Crippen LogP contribution in [-0.2, 0) is 6.54 Å². The van der Waals surface area contributed by atoms with Gasteiger partial charge in [0.2, 0.25) is 0 Å². The van der Waals surface area contributed by atoms with Crippen LogP contribution in [0.5, 0.6) is 23.0 Å². The van der Waals surface area contributed by atoms with Gasteiger partial charge in [-0.2, -0.15) is 0 Å². The van der Waals surface area contributed by atoms with Crippen molar-refractivity contribution in [2.45, 2.75) is 6.54 Å². The van der Waals surface area contributed by atoms with Crippen LogP contribution >= 0.6 is 0 Å². The molecule has 9 nitrogen and oxygen atoms in total. The Morgan fingerprint density at radius 1 is 0.574 bits per heavy atom. The third-order valence-corrected chi connectivity index (χ3v) is 7.71. The molecule has 0 saturated heterocycles. The van der Waals surface area contributed by atoms with Crippen LogP contribution in [-0.4, -0.2) is 108 Å². The quantitative estimate of drug-likeness (QED) is 0.0749. The van der Waals surface area contributed by atoms with E-state index in [-0.39, 0.29) is 0 Å². The first-order valence-electron chi connectivity index (χ1n) is 14.9. The van der Waals surface area contributed by atoms with E-state index >= 15 is 0 Å². The first-order chi connectivity index (χ1) is 22.0. The first-order valence-corrected chi connectivity index (χ1v) is 14.9. The molecule has 0 spiro atoms. The van der Waals surface area contributed by atoms with Gasteiger partial charge in [0.25, 0.3) is 0 Å². The summed E-state index contributed by atoms with van der Waals surface area (Å²) in [5.41, 5.74) is 6.92. The van der Waals surface area contributed by atoms with Crippen LogP contribution < -0.4 is 33.6 Å². The zero-order valence-corrected chi connectivity index (χ0v) is 29.3. The van der Waals surface area contributed by atoms with E-state index in [0.717, 1.165) is 74.6 Å². The fraction of sp³-hybridized carbons (Fsp3) is 0.424. The minimum Gasteiger partial charge on any atom is -0.471 e. The number of aromatic nitrogens is 1. The largest absolute Gasteiger partial charge is 0.673 e. The number of fused-ring (bicyclic) bond motifs is 2. The molecule has 4 aromatic rings. The molecule has 0 atom stereocenters. The van der Waals surface area contributed by atoms with Crippen molar-refractivity contribution in [1.29, 1.82) is 0 Å². The summed E-state index contributed by atoms with van der Waals surface area (Å²) < 4.78 is 65.9. The zero-order valence-electron chi connectivity index (χ0n) is 29.3. The number of benzene rings is 3. The first kappa shape index (κ1) is 37.1. The highest BCUT2D eigenvalue weighted by atomic mass is 19.5. The number of ether oxygens (including phenoxy) is 4. The smallest absolute Gasteiger partial charge is 0.471 e. The molecule has 258 valence electrons. The molecule has 0 unspecified atom stereocenters. The molecule has 0 N–H and O–H groups in total. The lowest BCUT2D eigenvalue weighted by Gasteiger charge is -2.24. The van der Waals surface area contributed by atoms with Gasteiger partial charge >= 0.3 is 7.25 Å². The van der Waals surface area contributed by atoms with Gasteiger partial charge in [-0.05, 0) is 14.1 Å². The zero-order chi connectivity index (χ0) is 35.4. The summed E-state index contributed by atoms with van der Waals surface area (Å²) in [6.07, 6.45) is 0. The Morgan fingerprint density at radius 3 is 1.19 bits per heavy atom. The number of nitrogens with zero attached hydrogens (tertiary/aromatic N) is 5. The van der Waals surface area contributed by atoms with Crippen LogP contribution in [0.25, 0.3) is 32.9 Å². The van der Waals surface area contributed by atoms with Crippen LogP contribution in [0.15, 0.2) is 36.4 Å². The minimum absolute atomic E-state index is 0.698. The average molecular weight is 664 g/mol. The highest BCUT2D eigenvalue weighted by Gasteiger charge is 2.32. The van der Waals surface area contributed by atoms with Crippen molar-refractivity contribution >= 4 is 46.1 Å². The summed E-state index contributed by atoms with van der Waals surface area (Å²) in [7, 11) is 17.2. The van der Waals surface area contributed by atoms with Crippen molar-refractivity contribution < 1.29 is 36.2 Å². The van der Waals surface area contributed by atoms with Crippen molar-refractivity contribution in [3.8, 4) is 34.1 Å². The Hall–Kier alpha value is -4.33. The van der Waals surface area contributed by atoms with E-state index in [1.807, 2.05) is 59.3 Å². The maximum Gasteiger partial charge on any atom is 0.673 e. The van der Waals surface area contributed by atoms with Crippen molar-refractivity contribution in [2.24, 2.45) is 0 Å². The van der Waals surface area contributed by atoms with Crippen LogP contribution in [0.3, 0.4) is 0 Å². The number of pyridine rings is 1. The number of hydrogen-bond donors (Lipinski definition) is 0. The Bertz CT molecular complexity index is 1610. The van der Waals surface area contributed by atoms with Crippen molar-refractivity contribution in [1.82, 2.24) is 9.47 Å². The standard InChI is InChI=1S/C33H46N5O4.BF4/c1-34(2)13-14-38-24-15-21(35(3)4)17-26(39-9)30(24)33(31-25(38)16-22(36(5)6)18-27(31)40-10)32-28(41-11)19-23(37(7)8)20-29(32)42-12;2-1(3,4)5/h15-20H,13-14H2,1-12H3;/q+1;-1. The van der Waals surface area contributed by atoms with Crippen molar-refractivity contribution in [3.63, 3.8) is 0 Å². The van der Waals surface area contributed by atoms with Gasteiger partial charge in [0.15, 0.2) is 23.0 Å². The van der Waals surface area contributed by atoms with E-state index in [2.05, 4.69) is 57.6 Å². The van der Waals surface area contributed by atoms with E-state index < -0.39 is 7.25 Å². The monoisotopic (exact) mass is 663 g/mol. The Labute approximate surface area is 274 Å². The van der Waals surface area contributed by atoms with Gasteiger partial charge in [-0.3, -0.25) is 4.57 Å². The van der Waals surface area contributed by atoms with E-state index in [0.29, 0.717) is 11.5 Å². The molecule has 14 heteroatoms. The summed E-state index contributed by atoms with van der Waals surface area (Å²) in [5.74, 6) is 2.91. The summed E-state index contributed by atoms with van der Waals surface area (Å²) in [6, 6.07) is 12.7. The summed E-state index contributed by atoms with van der Waals surface area (Å²) >= 11 is 0. The van der Waals surface area contributed by atoms with Gasteiger partial charge in [0.05, 0.1) is 51.1 Å². The second-order valence-electron chi connectivity index (χ2n) is 11.8. The number of hydrogen-bond acceptors (Lipinski definition) is 8. The normalized spacial score (nSPS) is 11.3. The van der Waals surface area contributed by atoms with Crippen LogP contribution in [0.4, 0.5) is 34.3 Å². The van der Waals surface area contributed by atoms with Crippen LogP contribution in [0.1, 0.15) is 0 Å². The van der Waals surface area contributed by atoms with E-state index in [1.54, 1.807) is 28.4 Å². The van der Waals surface area contributed by atoms with Crippen LogP contribution in [0, 0.1) is 0 Å². The molecule has 0 aliphatic rings. The molecule has 0 saturated carbocycles. The third-order valence-electron chi connectivity index (χ3n) is 7.71. The van der Waals surface area contributed by atoms with Crippen molar-refractivity contribution in [2.75, 3.05) is 106 Å². The molecule has 4 rings (SSSR count). The van der Waals surface area contributed by atoms with Gasteiger partial charge in [-0.1, -0.05) is 0 Å². The van der Waals surface area contributed by atoms with E-state index in [4.69, 9.17) is 18.9 Å². The van der Waals surface area contributed by atoms with Gasteiger partial charge in [-0.25, -0.2) is 0 Å². The second-order valence-corrected chi connectivity index (χ2v) is 11.8. The van der Waals surface area contributed by atoms with E-state index in [9.17, 15) is 17.3 Å². The summed E-state index contributed by atoms with van der Waals surface area (Å²) in [4.78, 5) is 8.45. The fourth-order valence-electron chi connectivity index (χ4n) is 5.39. The number of methoxy groups -OCH3 is 4. The predicted octanol–water partition coefficient (Wildman–Crippen LogP) is 6.84. The number of rotatable bonds is 11. The van der Waals surface area contributed by atoms with Gasteiger partial charge in [-0.15, -0.1) is 0 Å². The highest BCUT2D eigenvalue weighted by Crippen LogP contribution is 2.52. The number of anilines is 3. The maximum atomic E-state index is 9.75. The molecule has 0 aliphatic carbocycles. The third kappa shape index (κ3) is 8.34. The Morgan fingerprint density at radius 2 is 0.894 bits per heavy atom. The Balaban J connectivity index is 0.00000111. The minimum atomic E-state index is -6.00. The van der Waals surface area contributed by atoms with Crippen molar-refractivity contribution in [3.05, 3.63) is 36.4 Å². The molecule has 0 bridgehead atoms. The number of halogens is 4. The lowest BCUT2D eigenvalue weighted by molar-refractivity contribution is 0.368. The second kappa shape index (κ2) is 15.1. The van der Waals surface area contributed by atoms with Gasteiger partial charge < -0.3 is 55.8 Å². The molecule has 0 aliphatic heterocycles. The molecular weight excluding hydrogens is 617 g/mol. The molecule has 47 heavy (non-hydrogen) atoms. The molecular formula is C33H46BF4N5O4. The van der Waals surface area contributed by atoms with Crippen LogP contribution in [0.2, 0.25) is 0 Å². The maximum absolute atomic E-state index is 9.75. The average Bonchev–Trinajstić information content (AvgIpc) is 3.00. The van der Waals surface area contributed by atoms with E-state index in [1.165, 1.54) is 0 Å². The SMILES string of the molecule is COc1cc(N(C)C)cc(OC)c1-[c+]1c2c(OC)cc(N(C)C)cc2n(CCN(C)C)c2cc(N(C)C)cc(OC)c21.F[B-](F)(F)F. The topological polar surface area (TPSA) is 54.8 Å². The summed E-state index contributed by atoms with van der Waals surface area (Å²) in [6.45, 7) is 1.61.